The van der Waals surface area contributed by atoms with Crippen molar-refractivity contribution in [3.63, 3.8) is 0 Å². The molecule has 17 heavy (non-hydrogen) atoms. The van der Waals surface area contributed by atoms with Crippen LogP contribution in [0.15, 0.2) is 0 Å². The minimum atomic E-state index is 0.207. The zero-order valence-corrected chi connectivity index (χ0v) is 12.0. The highest BCUT2D eigenvalue weighted by Gasteiger charge is 2.60. The molecule has 3 fully saturated rings. The predicted octanol–water partition coefficient (Wildman–Crippen LogP) is 4.41. The van der Waals surface area contributed by atoms with E-state index >= 15 is 0 Å². The van der Waals surface area contributed by atoms with Gasteiger partial charge in [0.2, 0.25) is 0 Å². The van der Waals surface area contributed by atoms with Gasteiger partial charge in [-0.3, -0.25) is 0 Å². The van der Waals surface area contributed by atoms with Gasteiger partial charge in [0, 0.05) is 6.61 Å². The summed E-state index contributed by atoms with van der Waals surface area (Å²) >= 11 is 0. The molecule has 2 aliphatic carbocycles. The van der Waals surface area contributed by atoms with Crippen molar-refractivity contribution in [3.8, 4) is 0 Å². The predicted molar refractivity (Wildman–Crippen MR) is 70.9 cm³/mol. The molecule has 1 nitrogen and oxygen atoms in total. The lowest BCUT2D eigenvalue weighted by molar-refractivity contribution is -0.147. The Morgan fingerprint density at radius 3 is 2.41 bits per heavy atom. The lowest BCUT2D eigenvalue weighted by atomic mass is 9.46. The number of hydrogen-bond acceptors (Lipinski definition) is 1. The SMILES string of the molecule is CC1(C)CCC[C@]2(C)[C@@H]1CC[C@]1(C)OCC[C@H]21. The molecule has 1 heterocycles. The summed E-state index contributed by atoms with van der Waals surface area (Å²) in [5.74, 6) is 1.73. The highest BCUT2D eigenvalue weighted by atomic mass is 16.5. The van der Waals surface area contributed by atoms with Gasteiger partial charge in [0.05, 0.1) is 5.60 Å². The lowest BCUT2D eigenvalue weighted by Gasteiger charge is -2.60. The number of hydrogen-bond donors (Lipinski definition) is 0. The Kier molecular flexibility index (Phi) is 2.47. The molecule has 4 atom stereocenters. The maximum absolute atomic E-state index is 6.13. The lowest BCUT2D eigenvalue weighted by Crippen LogP contribution is -2.55. The number of fused-ring (bicyclic) bond motifs is 3. The zero-order chi connectivity index (χ0) is 12.3. The first-order chi connectivity index (χ1) is 7.89. The Hall–Kier alpha value is -0.0400. The van der Waals surface area contributed by atoms with Gasteiger partial charge in [0.1, 0.15) is 0 Å². The molecular weight excluding hydrogens is 208 g/mol. The van der Waals surface area contributed by atoms with E-state index in [2.05, 4.69) is 27.7 Å². The van der Waals surface area contributed by atoms with Gasteiger partial charge < -0.3 is 4.74 Å². The summed E-state index contributed by atoms with van der Waals surface area (Å²) < 4.78 is 6.13. The number of ether oxygens (including phenoxy) is 1. The van der Waals surface area contributed by atoms with Crippen LogP contribution in [0.5, 0.6) is 0 Å². The second kappa shape index (κ2) is 3.50. The average molecular weight is 236 g/mol. The molecular formula is C16H28O. The van der Waals surface area contributed by atoms with E-state index in [1.54, 1.807) is 0 Å². The van der Waals surface area contributed by atoms with Gasteiger partial charge in [-0.25, -0.2) is 0 Å². The van der Waals surface area contributed by atoms with E-state index in [9.17, 15) is 0 Å². The Morgan fingerprint density at radius 1 is 0.882 bits per heavy atom. The molecule has 1 saturated heterocycles. The fraction of sp³-hybridized carbons (Fsp3) is 1.00. The van der Waals surface area contributed by atoms with Gasteiger partial charge in [-0.05, 0) is 61.7 Å². The van der Waals surface area contributed by atoms with Crippen molar-refractivity contribution in [1.82, 2.24) is 0 Å². The van der Waals surface area contributed by atoms with Crippen molar-refractivity contribution in [2.75, 3.05) is 6.61 Å². The molecule has 3 rings (SSSR count). The number of rotatable bonds is 0. The van der Waals surface area contributed by atoms with Gasteiger partial charge in [-0.2, -0.15) is 0 Å². The van der Waals surface area contributed by atoms with Crippen molar-refractivity contribution in [2.24, 2.45) is 22.7 Å². The Bertz CT molecular complexity index is 317. The first kappa shape index (κ1) is 12.0. The van der Waals surface area contributed by atoms with E-state index in [4.69, 9.17) is 4.74 Å². The van der Waals surface area contributed by atoms with Crippen molar-refractivity contribution in [2.45, 2.75) is 71.8 Å². The first-order valence-corrected chi connectivity index (χ1v) is 7.52. The molecule has 3 aliphatic rings. The van der Waals surface area contributed by atoms with Crippen LogP contribution in [-0.4, -0.2) is 12.2 Å². The van der Waals surface area contributed by atoms with E-state index < -0.39 is 0 Å². The van der Waals surface area contributed by atoms with Gasteiger partial charge in [-0.15, -0.1) is 0 Å². The minimum absolute atomic E-state index is 0.207. The van der Waals surface area contributed by atoms with Crippen LogP contribution in [0.25, 0.3) is 0 Å². The summed E-state index contributed by atoms with van der Waals surface area (Å²) in [5, 5.41) is 0. The Morgan fingerprint density at radius 2 is 1.65 bits per heavy atom. The fourth-order valence-corrected chi connectivity index (χ4v) is 5.82. The van der Waals surface area contributed by atoms with Gasteiger partial charge in [-0.1, -0.05) is 27.2 Å². The second-order valence-corrected chi connectivity index (χ2v) is 7.94. The quantitative estimate of drug-likeness (QED) is 0.605. The summed E-state index contributed by atoms with van der Waals surface area (Å²) in [6, 6.07) is 0. The van der Waals surface area contributed by atoms with Crippen molar-refractivity contribution >= 4 is 0 Å². The molecule has 98 valence electrons. The van der Waals surface area contributed by atoms with Crippen LogP contribution in [-0.2, 0) is 4.74 Å². The molecule has 1 heteroatoms. The first-order valence-electron chi connectivity index (χ1n) is 7.52. The van der Waals surface area contributed by atoms with Crippen LogP contribution in [0.1, 0.15) is 66.2 Å². The average Bonchev–Trinajstić information content (AvgIpc) is 2.60. The van der Waals surface area contributed by atoms with Crippen LogP contribution < -0.4 is 0 Å². The Labute approximate surface area is 106 Å². The topological polar surface area (TPSA) is 9.23 Å². The van der Waals surface area contributed by atoms with Gasteiger partial charge in [0.25, 0.3) is 0 Å². The van der Waals surface area contributed by atoms with Crippen molar-refractivity contribution in [1.29, 1.82) is 0 Å². The normalized spacial score (nSPS) is 52.9. The summed E-state index contributed by atoms with van der Waals surface area (Å²) in [5.41, 5.74) is 1.31. The zero-order valence-electron chi connectivity index (χ0n) is 12.0. The summed E-state index contributed by atoms with van der Waals surface area (Å²) in [6.07, 6.45) is 8.27. The molecule has 0 aromatic carbocycles. The molecule has 0 unspecified atom stereocenters. The van der Waals surface area contributed by atoms with E-state index in [0.29, 0.717) is 10.8 Å². The van der Waals surface area contributed by atoms with Crippen molar-refractivity contribution < 1.29 is 4.74 Å². The van der Waals surface area contributed by atoms with Crippen LogP contribution in [0.4, 0.5) is 0 Å². The molecule has 0 N–H and O–H groups in total. The smallest absolute Gasteiger partial charge is 0.0688 e. The maximum atomic E-state index is 6.13. The van der Waals surface area contributed by atoms with Crippen molar-refractivity contribution in [3.05, 3.63) is 0 Å². The van der Waals surface area contributed by atoms with E-state index in [0.717, 1.165) is 18.4 Å². The largest absolute Gasteiger partial charge is 0.375 e. The molecule has 0 aromatic heterocycles. The summed E-state index contributed by atoms with van der Waals surface area (Å²) in [4.78, 5) is 0. The van der Waals surface area contributed by atoms with E-state index in [-0.39, 0.29) is 5.60 Å². The van der Waals surface area contributed by atoms with Crippen LogP contribution in [0, 0.1) is 22.7 Å². The third-order valence-electron chi connectivity index (χ3n) is 6.58. The molecule has 0 aromatic rings. The minimum Gasteiger partial charge on any atom is -0.375 e. The van der Waals surface area contributed by atoms with E-state index in [1.165, 1.54) is 38.5 Å². The highest BCUT2D eigenvalue weighted by molar-refractivity contribution is 5.09. The third-order valence-corrected chi connectivity index (χ3v) is 6.58. The van der Waals surface area contributed by atoms with Gasteiger partial charge in [0.15, 0.2) is 0 Å². The van der Waals surface area contributed by atoms with E-state index in [1.807, 2.05) is 0 Å². The monoisotopic (exact) mass is 236 g/mol. The third kappa shape index (κ3) is 1.54. The maximum Gasteiger partial charge on any atom is 0.0688 e. The van der Waals surface area contributed by atoms with Crippen LogP contribution in [0.3, 0.4) is 0 Å². The molecule has 2 saturated carbocycles. The molecule has 0 spiro atoms. The summed E-state index contributed by atoms with van der Waals surface area (Å²) in [7, 11) is 0. The molecule has 0 radical (unpaired) electrons. The second-order valence-electron chi connectivity index (χ2n) is 7.94. The molecule has 0 amide bonds. The molecule has 1 aliphatic heterocycles. The standard InChI is InChI=1S/C16H28O/c1-14(2)8-5-9-15(3)12(14)6-10-16(4)13(15)7-11-17-16/h12-13H,5-11H2,1-4H3/t12-,13-,15-,16+/m1/s1. The van der Waals surface area contributed by atoms with Gasteiger partial charge >= 0.3 is 0 Å². The van der Waals surface area contributed by atoms with Crippen LogP contribution >= 0.6 is 0 Å². The summed E-state index contributed by atoms with van der Waals surface area (Å²) in [6.45, 7) is 11.0. The highest BCUT2D eigenvalue weighted by Crippen LogP contribution is 2.64. The van der Waals surface area contributed by atoms with Crippen LogP contribution in [0.2, 0.25) is 0 Å². The Balaban J connectivity index is 1.98. The molecule has 0 bridgehead atoms. The fourth-order valence-electron chi connectivity index (χ4n) is 5.82.